The lowest BCUT2D eigenvalue weighted by atomic mass is 10.1. The number of carbonyl (C=O) groups is 1. The van der Waals surface area contributed by atoms with Crippen LogP contribution in [-0.4, -0.2) is 23.2 Å². The normalized spacial score (nSPS) is 10.6. The van der Waals surface area contributed by atoms with Crippen molar-refractivity contribution in [2.75, 3.05) is 12.4 Å². The van der Waals surface area contributed by atoms with Gasteiger partial charge in [-0.3, -0.25) is 0 Å². The predicted octanol–water partition coefficient (Wildman–Crippen LogP) is 4.01. The molecule has 0 unspecified atom stereocenters. The number of methoxy groups -OCH3 is 1. The summed E-state index contributed by atoms with van der Waals surface area (Å²) in [5.74, 6) is 0.663. The SMILES string of the molecule is CCc1ccc(-c2noc(CNc3cc(C(=O)OC)ccc3C)n2)cc1. The summed E-state index contributed by atoms with van der Waals surface area (Å²) in [5, 5.41) is 7.26. The molecule has 26 heavy (non-hydrogen) atoms. The van der Waals surface area contributed by atoms with Crippen molar-refractivity contribution >= 4 is 11.7 Å². The number of carbonyl (C=O) groups excluding carboxylic acids is 1. The molecule has 0 fully saturated rings. The molecule has 0 amide bonds. The van der Waals surface area contributed by atoms with Gasteiger partial charge in [0, 0.05) is 11.3 Å². The van der Waals surface area contributed by atoms with Gasteiger partial charge in [0.2, 0.25) is 11.7 Å². The summed E-state index contributed by atoms with van der Waals surface area (Å²) in [6.07, 6.45) is 0.992. The monoisotopic (exact) mass is 351 g/mol. The number of nitrogens with one attached hydrogen (secondary N) is 1. The van der Waals surface area contributed by atoms with E-state index < -0.39 is 0 Å². The minimum atomic E-state index is -0.372. The molecule has 0 spiro atoms. The van der Waals surface area contributed by atoms with Gasteiger partial charge >= 0.3 is 5.97 Å². The van der Waals surface area contributed by atoms with Gasteiger partial charge in [-0.25, -0.2) is 4.79 Å². The smallest absolute Gasteiger partial charge is 0.337 e. The highest BCUT2D eigenvalue weighted by atomic mass is 16.5. The average Bonchev–Trinajstić information content (AvgIpc) is 3.16. The first kappa shape index (κ1) is 17.7. The van der Waals surface area contributed by atoms with Crippen LogP contribution in [0.4, 0.5) is 5.69 Å². The number of aromatic nitrogens is 2. The van der Waals surface area contributed by atoms with Gasteiger partial charge in [-0.05, 0) is 36.6 Å². The van der Waals surface area contributed by atoms with Crippen LogP contribution in [-0.2, 0) is 17.7 Å². The summed E-state index contributed by atoms with van der Waals surface area (Å²) in [5.41, 5.74) is 4.50. The molecule has 3 aromatic rings. The first-order valence-corrected chi connectivity index (χ1v) is 8.45. The molecule has 0 aliphatic heterocycles. The van der Waals surface area contributed by atoms with Gasteiger partial charge in [-0.2, -0.15) is 4.98 Å². The second-order valence-corrected chi connectivity index (χ2v) is 5.94. The molecule has 0 bridgehead atoms. The van der Waals surface area contributed by atoms with Crippen LogP contribution in [0.3, 0.4) is 0 Å². The average molecular weight is 351 g/mol. The van der Waals surface area contributed by atoms with E-state index in [9.17, 15) is 4.79 Å². The van der Waals surface area contributed by atoms with Gasteiger partial charge in [0.25, 0.3) is 0 Å². The topological polar surface area (TPSA) is 77.2 Å². The van der Waals surface area contributed by atoms with E-state index >= 15 is 0 Å². The summed E-state index contributed by atoms with van der Waals surface area (Å²) in [6, 6.07) is 13.5. The Labute approximate surface area is 152 Å². The number of ether oxygens (including phenoxy) is 1. The highest BCUT2D eigenvalue weighted by Gasteiger charge is 2.11. The lowest BCUT2D eigenvalue weighted by Gasteiger charge is -2.09. The number of aryl methyl sites for hydroxylation is 2. The Morgan fingerprint density at radius 1 is 1.19 bits per heavy atom. The van der Waals surface area contributed by atoms with Crippen LogP contribution < -0.4 is 5.32 Å². The highest BCUT2D eigenvalue weighted by molar-refractivity contribution is 5.90. The molecule has 0 saturated carbocycles. The molecule has 0 radical (unpaired) electrons. The number of anilines is 1. The second kappa shape index (κ2) is 7.82. The lowest BCUT2D eigenvalue weighted by Crippen LogP contribution is -2.05. The van der Waals surface area contributed by atoms with E-state index in [1.54, 1.807) is 12.1 Å². The van der Waals surface area contributed by atoms with Gasteiger partial charge in [-0.15, -0.1) is 0 Å². The third-order valence-corrected chi connectivity index (χ3v) is 4.18. The first-order chi connectivity index (χ1) is 12.6. The van der Waals surface area contributed by atoms with Crippen LogP contribution in [0.5, 0.6) is 0 Å². The van der Waals surface area contributed by atoms with Gasteiger partial charge in [0.05, 0.1) is 19.2 Å². The third kappa shape index (κ3) is 3.91. The maximum Gasteiger partial charge on any atom is 0.337 e. The summed E-state index contributed by atoms with van der Waals surface area (Å²) in [7, 11) is 1.36. The number of nitrogens with zero attached hydrogens (tertiary/aromatic N) is 2. The first-order valence-electron chi connectivity index (χ1n) is 8.45. The number of rotatable bonds is 6. The maximum atomic E-state index is 11.7. The Bertz CT molecular complexity index is 901. The van der Waals surface area contributed by atoms with Crippen molar-refractivity contribution in [3.63, 3.8) is 0 Å². The van der Waals surface area contributed by atoms with E-state index in [0.717, 1.165) is 23.2 Å². The Kier molecular flexibility index (Phi) is 5.31. The molecular formula is C20H21N3O3. The highest BCUT2D eigenvalue weighted by Crippen LogP contribution is 2.20. The van der Waals surface area contributed by atoms with Crippen molar-refractivity contribution in [3.05, 3.63) is 65.0 Å². The Morgan fingerprint density at radius 3 is 2.65 bits per heavy atom. The Morgan fingerprint density at radius 2 is 1.96 bits per heavy atom. The molecule has 0 aliphatic carbocycles. The minimum Gasteiger partial charge on any atom is -0.465 e. The largest absolute Gasteiger partial charge is 0.465 e. The molecule has 134 valence electrons. The molecule has 1 aromatic heterocycles. The van der Waals surface area contributed by atoms with Gasteiger partial charge in [-0.1, -0.05) is 42.4 Å². The number of hydrogen-bond donors (Lipinski definition) is 1. The fraction of sp³-hybridized carbons (Fsp3) is 0.250. The second-order valence-electron chi connectivity index (χ2n) is 5.94. The van der Waals surface area contributed by atoms with E-state index in [1.807, 2.05) is 25.1 Å². The fourth-order valence-electron chi connectivity index (χ4n) is 2.56. The van der Waals surface area contributed by atoms with Gasteiger partial charge < -0.3 is 14.6 Å². The molecule has 0 saturated heterocycles. The van der Waals surface area contributed by atoms with Crippen LogP contribution in [0.1, 0.15) is 34.3 Å². The van der Waals surface area contributed by atoms with Crippen molar-refractivity contribution < 1.29 is 14.1 Å². The van der Waals surface area contributed by atoms with Gasteiger partial charge in [0.15, 0.2) is 0 Å². The van der Waals surface area contributed by atoms with Crippen molar-refractivity contribution in [2.24, 2.45) is 0 Å². The van der Waals surface area contributed by atoms with Crippen LogP contribution in [0, 0.1) is 6.92 Å². The summed E-state index contributed by atoms with van der Waals surface area (Å²) >= 11 is 0. The fourth-order valence-corrected chi connectivity index (χ4v) is 2.56. The lowest BCUT2D eigenvalue weighted by molar-refractivity contribution is 0.0601. The van der Waals surface area contributed by atoms with Crippen LogP contribution in [0.15, 0.2) is 47.0 Å². The van der Waals surface area contributed by atoms with E-state index in [1.165, 1.54) is 12.7 Å². The maximum absolute atomic E-state index is 11.7. The zero-order valence-corrected chi connectivity index (χ0v) is 15.1. The summed E-state index contributed by atoms with van der Waals surface area (Å²) < 4.78 is 10.1. The van der Waals surface area contributed by atoms with Gasteiger partial charge in [0.1, 0.15) is 0 Å². The molecule has 6 nitrogen and oxygen atoms in total. The zero-order chi connectivity index (χ0) is 18.5. The van der Waals surface area contributed by atoms with Crippen LogP contribution >= 0.6 is 0 Å². The molecule has 1 N–H and O–H groups in total. The molecule has 1 heterocycles. The summed E-state index contributed by atoms with van der Waals surface area (Å²) in [6.45, 7) is 4.44. The molecule has 3 rings (SSSR count). The van der Waals surface area contributed by atoms with E-state index in [2.05, 4.69) is 34.5 Å². The molecular weight excluding hydrogens is 330 g/mol. The van der Waals surface area contributed by atoms with Crippen LogP contribution in [0.25, 0.3) is 11.4 Å². The van der Waals surface area contributed by atoms with E-state index in [-0.39, 0.29) is 5.97 Å². The zero-order valence-electron chi connectivity index (χ0n) is 15.1. The Hall–Kier alpha value is -3.15. The van der Waals surface area contributed by atoms with Crippen molar-refractivity contribution in [3.8, 4) is 11.4 Å². The predicted molar refractivity (Wildman–Crippen MR) is 99.0 cm³/mol. The standard InChI is InChI=1S/C20H21N3O3/c1-4-14-6-9-15(10-7-14)19-22-18(26-23-19)12-21-17-11-16(20(24)25-3)8-5-13(17)2/h5-11,21H,4,12H2,1-3H3. The van der Waals surface area contributed by atoms with E-state index in [4.69, 9.17) is 9.26 Å². The molecule has 0 aliphatic rings. The third-order valence-electron chi connectivity index (χ3n) is 4.18. The summed E-state index contributed by atoms with van der Waals surface area (Å²) in [4.78, 5) is 16.1. The molecule has 6 heteroatoms. The number of benzene rings is 2. The number of hydrogen-bond acceptors (Lipinski definition) is 6. The number of esters is 1. The van der Waals surface area contributed by atoms with Crippen molar-refractivity contribution in [1.29, 1.82) is 0 Å². The Balaban J connectivity index is 1.71. The molecule has 0 atom stereocenters. The quantitative estimate of drug-likeness (QED) is 0.676. The van der Waals surface area contributed by atoms with E-state index in [0.29, 0.717) is 23.8 Å². The van der Waals surface area contributed by atoms with Crippen molar-refractivity contribution in [1.82, 2.24) is 10.1 Å². The molecule has 2 aromatic carbocycles. The van der Waals surface area contributed by atoms with Crippen molar-refractivity contribution in [2.45, 2.75) is 26.8 Å². The minimum absolute atomic E-state index is 0.367. The van der Waals surface area contributed by atoms with Crippen LogP contribution in [0.2, 0.25) is 0 Å².